The Morgan fingerprint density at radius 1 is 0.550 bits per heavy atom. The van der Waals surface area contributed by atoms with Crippen molar-refractivity contribution in [2.45, 2.75) is 153 Å². The molecule has 330 valence electrons. The highest BCUT2D eigenvalue weighted by Crippen LogP contribution is 2.25. The van der Waals surface area contributed by atoms with Gasteiger partial charge >= 0.3 is 0 Å². The molecule has 0 aliphatic carbocycles. The summed E-state index contributed by atoms with van der Waals surface area (Å²) < 4.78 is 0. The molecule has 8 atom stereocenters. The van der Waals surface area contributed by atoms with Crippen LogP contribution in [0.1, 0.15) is 128 Å². The number of unbranched alkanes of at least 4 members (excludes halogenated alkanes) is 3. The molecule has 60 heavy (non-hydrogen) atoms. The van der Waals surface area contributed by atoms with E-state index in [1.807, 2.05) is 74.5 Å². The fraction of sp³-hybridized carbons (Fsp3) is 0.609. The first-order valence-electron chi connectivity index (χ1n) is 22.1. The number of nitrogens with one attached hydrogen (secondary N) is 6. The third-order valence-corrected chi connectivity index (χ3v) is 12.1. The van der Waals surface area contributed by atoms with Crippen molar-refractivity contribution in [2.24, 2.45) is 0 Å². The van der Waals surface area contributed by atoms with Crippen LogP contribution in [0.3, 0.4) is 0 Å². The molecule has 6 N–H and O–H groups in total. The highest BCUT2D eigenvalue weighted by Gasteiger charge is 2.37. The number of carbonyl (C=O) groups is 6. The van der Waals surface area contributed by atoms with Gasteiger partial charge in [-0.15, -0.1) is 0 Å². The maximum absolute atomic E-state index is 14.1. The number of hydrogen-bond donors (Lipinski definition) is 6. The van der Waals surface area contributed by atoms with Crippen molar-refractivity contribution in [3.63, 3.8) is 0 Å². The number of likely N-dealkylation sites (tertiary alicyclic amines) is 2. The van der Waals surface area contributed by atoms with E-state index < -0.39 is 24.2 Å². The number of amides is 6. The molecule has 2 aliphatic heterocycles. The summed E-state index contributed by atoms with van der Waals surface area (Å²) in [6.45, 7) is 8.43. The maximum Gasteiger partial charge on any atom is 0.245 e. The quantitative estimate of drug-likeness (QED) is 0.0909. The standard InChI is InChI=1S/C46H70N8O6/c1-31(35-19-11-9-12-20-35)49-41(55)29-37-23-17-27-53(37)45(59)39(51-43(57)33(3)47-5)25-15-7-8-16-26-40(52-44(58)34(4)48-6)46(60)54-28-18-24-38(54)30-42(56)50-32(2)36-21-13-10-14-22-36/h9-14,19-22,31-34,37-40,47-48H,7-8,15-18,23-30H2,1-6H3,(H,49,55)(H,50,56)(H,51,57)(H,52,58)/t31-,32-,33+,34+,37+,38+,39+,40+/m1/s1. The van der Waals surface area contributed by atoms with Gasteiger partial charge in [-0.25, -0.2) is 0 Å². The van der Waals surface area contributed by atoms with E-state index in [0.29, 0.717) is 38.8 Å². The van der Waals surface area contributed by atoms with Gasteiger partial charge in [-0.1, -0.05) is 86.3 Å². The summed E-state index contributed by atoms with van der Waals surface area (Å²) >= 11 is 0. The predicted molar refractivity (Wildman–Crippen MR) is 233 cm³/mol. The fourth-order valence-corrected chi connectivity index (χ4v) is 8.18. The van der Waals surface area contributed by atoms with Gasteiger partial charge in [0.05, 0.1) is 24.2 Å². The van der Waals surface area contributed by atoms with Gasteiger partial charge in [-0.3, -0.25) is 28.8 Å². The van der Waals surface area contributed by atoms with Crippen LogP contribution < -0.4 is 31.9 Å². The molecule has 0 unspecified atom stereocenters. The van der Waals surface area contributed by atoms with Crippen molar-refractivity contribution in [1.29, 1.82) is 0 Å². The molecule has 0 saturated carbocycles. The van der Waals surface area contributed by atoms with Gasteiger partial charge < -0.3 is 41.7 Å². The lowest BCUT2D eigenvalue weighted by Crippen LogP contribution is -2.53. The zero-order valence-electron chi connectivity index (χ0n) is 36.6. The van der Waals surface area contributed by atoms with Crippen LogP contribution in [0.25, 0.3) is 0 Å². The van der Waals surface area contributed by atoms with E-state index >= 15 is 0 Å². The van der Waals surface area contributed by atoms with Crippen molar-refractivity contribution in [1.82, 2.24) is 41.7 Å². The van der Waals surface area contributed by atoms with E-state index in [9.17, 15) is 28.8 Å². The largest absolute Gasteiger partial charge is 0.350 e. The van der Waals surface area contributed by atoms with Crippen LogP contribution in [-0.4, -0.2) is 109 Å². The number of carbonyl (C=O) groups excluding carboxylic acids is 6. The summed E-state index contributed by atoms with van der Waals surface area (Å²) in [6, 6.07) is 16.2. The number of benzene rings is 2. The first-order chi connectivity index (χ1) is 28.8. The smallest absolute Gasteiger partial charge is 0.245 e. The second-order valence-corrected chi connectivity index (χ2v) is 16.6. The Labute approximate surface area is 357 Å². The third kappa shape index (κ3) is 14.4. The molecule has 0 bridgehead atoms. The van der Waals surface area contributed by atoms with E-state index in [2.05, 4.69) is 31.9 Å². The molecule has 2 aromatic rings. The highest BCUT2D eigenvalue weighted by atomic mass is 16.2. The topological polar surface area (TPSA) is 181 Å². The second kappa shape index (κ2) is 24.4. The van der Waals surface area contributed by atoms with E-state index in [-0.39, 0.29) is 72.5 Å². The Balaban J connectivity index is 1.32. The Bertz CT molecular complexity index is 1570. The minimum absolute atomic E-state index is 0.118. The molecular formula is C46H70N8O6. The first kappa shape index (κ1) is 47.9. The molecule has 2 saturated heterocycles. The Morgan fingerprint density at radius 2 is 0.917 bits per heavy atom. The molecule has 4 rings (SSSR count). The lowest BCUT2D eigenvalue weighted by molar-refractivity contribution is -0.139. The summed E-state index contributed by atoms with van der Waals surface area (Å²) in [5, 5.41) is 18.0. The van der Waals surface area contributed by atoms with E-state index in [1.54, 1.807) is 37.7 Å². The molecule has 0 spiro atoms. The maximum atomic E-state index is 14.1. The third-order valence-electron chi connectivity index (χ3n) is 12.1. The highest BCUT2D eigenvalue weighted by molar-refractivity contribution is 5.91. The van der Waals surface area contributed by atoms with Crippen LogP contribution in [0.4, 0.5) is 0 Å². The summed E-state index contributed by atoms with van der Waals surface area (Å²) in [4.78, 5) is 84.0. The minimum Gasteiger partial charge on any atom is -0.350 e. The summed E-state index contributed by atoms with van der Waals surface area (Å²) in [5.74, 6) is -1.11. The monoisotopic (exact) mass is 831 g/mol. The van der Waals surface area contributed by atoms with Crippen molar-refractivity contribution < 1.29 is 28.8 Å². The summed E-state index contributed by atoms with van der Waals surface area (Å²) in [6.07, 6.45) is 7.07. The van der Waals surface area contributed by atoms with Crippen molar-refractivity contribution in [2.75, 3.05) is 27.2 Å². The van der Waals surface area contributed by atoms with Gasteiger partial charge in [0, 0.05) is 38.0 Å². The van der Waals surface area contributed by atoms with Gasteiger partial charge in [-0.2, -0.15) is 0 Å². The second-order valence-electron chi connectivity index (χ2n) is 16.6. The molecule has 14 nitrogen and oxygen atoms in total. The number of likely N-dealkylation sites (N-methyl/N-ethyl adjacent to an activating group) is 2. The molecule has 2 aliphatic rings. The van der Waals surface area contributed by atoms with E-state index in [1.165, 1.54) is 0 Å². The van der Waals surface area contributed by atoms with Crippen LogP contribution in [0.5, 0.6) is 0 Å². The average Bonchev–Trinajstić information content (AvgIpc) is 3.92. The number of hydrogen-bond acceptors (Lipinski definition) is 8. The minimum atomic E-state index is -0.739. The molecule has 2 aromatic carbocycles. The number of rotatable bonds is 23. The van der Waals surface area contributed by atoms with Crippen molar-refractivity contribution in [3.8, 4) is 0 Å². The van der Waals surface area contributed by atoms with Crippen molar-refractivity contribution in [3.05, 3.63) is 71.8 Å². The van der Waals surface area contributed by atoms with Gasteiger partial charge in [-0.05, 0) is 91.4 Å². The van der Waals surface area contributed by atoms with Crippen LogP contribution in [-0.2, 0) is 28.8 Å². The van der Waals surface area contributed by atoms with Crippen LogP contribution in [0.15, 0.2) is 60.7 Å². The van der Waals surface area contributed by atoms with Gasteiger partial charge in [0.25, 0.3) is 0 Å². The molecule has 0 aromatic heterocycles. The van der Waals surface area contributed by atoms with Crippen LogP contribution in [0.2, 0.25) is 0 Å². The Kier molecular flexibility index (Phi) is 19.5. The zero-order valence-corrected chi connectivity index (χ0v) is 36.6. The molecule has 6 amide bonds. The Hall–Kier alpha value is -4.82. The fourth-order valence-electron chi connectivity index (χ4n) is 8.18. The lowest BCUT2D eigenvalue weighted by atomic mass is 10.0. The summed E-state index contributed by atoms with van der Waals surface area (Å²) in [7, 11) is 3.39. The molecule has 2 fully saturated rings. The van der Waals surface area contributed by atoms with Crippen LogP contribution in [0, 0.1) is 0 Å². The lowest BCUT2D eigenvalue weighted by Gasteiger charge is -2.30. The van der Waals surface area contributed by atoms with Crippen LogP contribution >= 0.6 is 0 Å². The van der Waals surface area contributed by atoms with Gasteiger partial charge in [0.15, 0.2) is 0 Å². The van der Waals surface area contributed by atoms with E-state index in [4.69, 9.17) is 0 Å². The summed E-state index contributed by atoms with van der Waals surface area (Å²) in [5.41, 5.74) is 2.01. The predicted octanol–water partition coefficient (Wildman–Crippen LogP) is 4.03. The number of nitrogens with zero attached hydrogens (tertiary/aromatic N) is 2. The molecule has 0 radical (unpaired) electrons. The van der Waals surface area contributed by atoms with Gasteiger partial charge in [0.2, 0.25) is 35.4 Å². The molecule has 2 heterocycles. The molecular weight excluding hydrogens is 761 g/mol. The average molecular weight is 831 g/mol. The van der Waals surface area contributed by atoms with E-state index in [0.717, 1.165) is 49.7 Å². The normalized spacial score (nSPS) is 19.4. The molecule has 14 heteroatoms. The SMILES string of the molecule is CN[C@@H](C)C(=O)N[C@@H](CCCCCC[C@H](NC(=O)[C@H](C)NC)C(=O)N1CCC[C@H]1CC(=O)N[C@H](C)c1ccccc1)C(=O)N1CCC[C@H]1CC(=O)N[C@H](C)c1ccccc1. The van der Waals surface area contributed by atoms with Gasteiger partial charge in [0.1, 0.15) is 12.1 Å². The zero-order chi connectivity index (χ0) is 43.6. The van der Waals surface area contributed by atoms with Crippen molar-refractivity contribution >= 4 is 35.4 Å². The first-order valence-corrected chi connectivity index (χ1v) is 22.1. The Morgan fingerprint density at radius 3 is 1.27 bits per heavy atom.